The van der Waals surface area contributed by atoms with E-state index in [0.717, 1.165) is 11.1 Å². The minimum Gasteiger partial charge on any atom is -0.508 e. The monoisotopic (exact) mass is 507 g/mol. The van der Waals surface area contributed by atoms with E-state index in [-0.39, 0.29) is 29.3 Å². The Morgan fingerprint density at radius 2 is 1.57 bits per heavy atom. The van der Waals surface area contributed by atoms with E-state index in [4.69, 9.17) is 0 Å². The van der Waals surface area contributed by atoms with E-state index in [1.807, 2.05) is 26.0 Å². The highest BCUT2D eigenvalue weighted by Gasteiger charge is 2.35. The molecule has 6 nitrogen and oxygen atoms in total. The van der Waals surface area contributed by atoms with Crippen molar-refractivity contribution in [3.8, 4) is 5.75 Å². The second-order valence-electron chi connectivity index (χ2n) is 11.2. The average Bonchev–Trinajstić information content (AvgIpc) is 2.83. The number of aromatic hydroxyl groups is 1. The summed E-state index contributed by atoms with van der Waals surface area (Å²) in [5.74, 6) is -3.17. The summed E-state index contributed by atoms with van der Waals surface area (Å²) in [6.07, 6.45) is 3.03. The molecule has 0 unspecified atom stereocenters. The minimum atomic E-state index is -1.03. The van der Waals surface area contributed by atoms with Gasteiger partial charge in [0.2, 0.25) is 5.91 Å². The lowest BCUT2D eigenvalue weighted by molar-refractivity contribution is -0.148. The van der Waals surface area contributed by atoms with Gasteiger partial charge in [-0.25, -0.2) is 0 Å². The van der Waals surface area contributed by atoms with Crippen LogP contribution in [-0.2, 0) is 21.4 Å². The maximum atomic E-state index is 13.6. The number of ketones is 1. The molecule has 0 aliphatic rings. The largest absolute Gasteiger partial charge is 0.508 e. The molecule has 0 saturated carbocycles. The van der Waals surface area contributed by atoms with E-state index in [0.29, 0.717) is 24.8 Å². The molecule has 2 aromatic carbocycles. The number of carbonyl (C=O) groups excluding carboxylic acids is 2. The van der Waals surface area contributed by atoms with Gasteiger partial charge in [-0.05, 0) is 53.9 Å². The van der Waals surface area contributed by atoms with Crippen molar-refractivity contribution in [2.75, 3.05) is 0 Å². The highest BCUT2D eigenvalue weighted by molar-refractivity contribution is 6.02. The van der Waals surface area contributed by atoms with Gasteiger partial charge in [-0.3, -0.25) is 14.4 Å². The molecule has 3 N–H and O–H groups in total. The molecule has 0 radical (unpaired) electrons. The number of hydrogen-bond donors (Lipinski definition) is 3. The van der Waals surface area contributed by atoms with Crippen LogP contribution in [0.4, 0.5) is 0 Å². The van der Waals surface area contributed by atoms with Gasteiger partial charge >= 0.3 is 5.97 Å². The molecule has 37 heavy (non-hydrogen) atoms. The first-order chi connectivity index (χ1) is 17.3. The number of carboxylic acids is 1. The molecule has 1 amide bonds. The standard InChI is InChI=1S/C31H41NO5/c1-7-8-9-25(30(36)37)26(18-20(2)3)29(35)32-27(19-21-10-16-24(33)17-11-21)28(34)22-12-14-23(15-13-22)31(4,5)6/h7,10-17,20,25-27,33H,1,8-9,18-19H2,2-6H3,(H,32,35)(H,36,37)/t25-,26-,27+/m1/s1. The zero-order valence-corrected chi connectivity index (χ0v) is 22.7. The number of allylic oxidation sites excluding steroid dienone is 1. The number of phenolic OH excluding ortho intramolecular Hbond substituents is 1. The summed E-state index contributed by atoms with van der Waals surface area (Å²) < 4.78 is 0. The number of benzene rings is 2. The van der Waals surface area contributed by atoms with Gasteiger partial charge in [0.15, 0.2) is 5.78 Å². The van der Waals surface area contributed by atoms with Gasteiger partial charge in [0.25, 0.3) is 0 Å². The normalized spacial score (nSPS) is 14.0. The topological polar surface area (TPSA) is 104 Å². The van der Waals surface area contributed by atoms with Gasteiger partial charge in [0, 0.05) is 12.0 Å². The number of nitrogens with one attached hydrogen (secondary N) is 1. The Morgan fingerprint density at radius 3 is 2.05 bits per heavy atom. The molecule has 0 aliphatic heterocycles. The molecule has 0 spiro atoms. The van der Waals surface area contributed by atoms with Crippen molar-refractivity contribution in [1.82, 2.24) is 5.32 Å². The molecule has 0 saturated heterocycles. The molecule has 2 rings (SSSR count). The number of Topliss-reactive ketones (excluding diaryl/α,β-unsaturated/α-hetero) is 1. The predicted octanol–water partition coefficient (Wildman–Crippen LogP) is 5.93. The lowest BCUT2D eigenvalue weighted by atomic mass is 9.81. The Hall–Kier alpha value is -3.41. The molecule has 0 bridgehead atoms. The Bertz CT molecular complexity index is 1060. The van der Waals surface area contributed by atoms with E-state index in [1.165, 1.54) is 12.1 Å². The van der Waals surface area contributed by atoms with E-state index >= 15 is 0 Å². The average molecular weight is 508 g/mol. The van der Waals surface area contributed by atoms with E-state index in [2.05, 4.69) is 32.7 Å². The first-order valence-electron chi connectivity index (χ1n) is 12.9. The SMILES string of the molecule is C=CCC[C@@H](C(=O)O)[C@@H](CC(C)C)C(=O)N[C@@H](Cc1ccc(O)cc1)C(=O)c1ccc(C(C)(C)C)cc1. The molecule has 200 valence electrons. The number of phenols is 1. The van der Waals surface area contributed by atoms with E-state index in [9.17, 15) is 24.6 Å². The van der Waals surface area contributed by atoms with Crippen molar-refractivity contribution in [1.29, 1.82) is 0 Å². The van der Waals surface area contributed by atoms with Crippen LogP contribution in [0, 0.1) is 17.8 Å². The van der Waals surface area contributed by atoms with Crippen LogP contribution >= 0.6 is 0 Å². The number of aliphatic carboxylic acids is 1. The zero-order chi connectivity index (χ0) is 27.8. The van der Waals surface area contributed by atoms with E-state index < -0.39 is 29.8 Å². The Kier molecular flexibility index (Phi) is 10.7. The Morgan fingerprint density at radius 1 is 0.973 bits per heavy atom. The second kappa shape index (κ2) is 13.2. The first kappa shape index (κ1) is 29.8. The lowest BCUT2D eigenvalue weighted by Crippen LogP contribution is -2.47. The lowest BCUT2D eigenvalue weighted by Gasteiger charge is -2.27. The fourth-order valence-corrected chi connectivity index (χ4v) is 4.45. The molecule has 0 heterocycles. The first-order valence-corrected chi connectivity index (χ1v) is 12.9. The second-order valence-corrected chi connectivity index (χ2v) is 11.2. The van der Waals surface area contributed by atoms with Gasteiger partial charge in [-0.1, -0.05) is 77.1 Å². The zero-order valence-electron chi connectivity index (χ0n) is 22.7. The Balaban J connectivity index is 2.40. The van der Waals surface area contributed by atoms with Crippen LogP contribution in [0.15, 0.2) is 61.2 Å². The molecule has 3 atom stereocenters. The van der Waals surface area contributed by atoms with Crippen LogP contribution in [0.25, 0.3) is 0 Å². The number of amides is 1. The summed E-state index contributed by atoms with van der Waals surface area (Å²) >= 11 is 0. The summed E-state index contributed by atoms with van der Waals surface area (Å²) in [4.78, 5) is 39.3. The van der Waals surface area contributed by atoms with Crippen molar-refractivity contribution in [3.05, 3.63) is 77.9 Å². The van der Waals surface area contributed by atoms with Gasteiger partial charge in [-0.2, -0.15) is 0 Å². The molecular formula is C31H41NO5. The number of rotatable bonds is 13. The van der Waals surface area contributed by atoms with Crippen LogP contribution in [0.3, 0.4) is 0 Å². The maximum absolute atomic E-state index is 13.6. The van der Waals surface area contributed by atoms with Gasteiger partial charge < -0.3 is 15.5 Å². The van der Waals surface area contributed by atoms with Crippen LogP contribution in [-0.4, -0.2) is 33.9 Å². The summed E-state index contributed by atoms with van der Waals surface area (Å²) in [7, 11) is 0. The number of carboxylic acid groups (broad SMARTS) is 1. The fourth-order valence-electron chi connectivity index (χ4n) is 4.45. The summed E-state index contributed by atoms with van der Waals surface area (Å²) in [6, 6.07) is 13.0. The summed E-state index contributed by atoms with van der Waals surface area (Å²) in [6.45, 7) is 13.9. The highest BCUT2D eigenvalue weighted by atomic mass is 16.4. The molecule has 0 aliphatic carbocycles. The third kappa shape index (κ3) is 8.88. The van der Waals surface area contributed by atoms with Crippen LogP contribution in [0.1, 0.15) is 75.4 Å². The highest BCUT2D eigenvalue weighted by Crippen LogP contribution is 2.27. The molecular weight excluding hydrogens is 466 g/mol. The van der Waals surface area contributed by atoms with Crippen molar-refractivity contribution >= 4 is 17.7 Å². The Labute approximate surface area is 220 Å². The predicted molar refractivity (Wildman–Crippen MR) is 147 cm³/mol. The van der Waals surface area contributed by atoms with Crippen LogP contribution in [0.5, 0.6) is 5.75 Å². The fraction of sp³-hybridized carbons (Fsp3) is 0.452. The molecule has 6 heteroatoms. The van der Waals surface area contributed by atoms with Crippen molar-refractivity contribution in [2.45, 2.75) is 71.8 Å². The molecule has 2 aromatic rings. The van der Waals surface area contributed by atoms with Crippen molar-refractivity contribution in [2.24, 2.45) is 17.8 Å². The third-order valence-electron chi connectivity index (χ3n) is 6.59. The summed E-state index contributed by atoms with van der Waals surface area (Å²) in [5, 5.41) is 22.5. The molecule has 0 fully saturated rings. The van der Waals surface area contributed by atoms with Gasteiger partial charge in [0.05, 0.1) is 17.9 Å². The van der Waals surface area contributed by atoms with Crippen LogP contribution in [0.2, 0.25) is 0 Å². The summed E-state index contributed by atoms with van der Waals surface area (Å²) in [5.41, 5.74) is 2.26. The minimum absolute atomic E-state index is 0.0669. The number of carbonyl (C=O) groups is 3. The quantitative estimate of drug-likeness (QED) is 0.230. The molecule has 0 aromatic heterocycles. The van der Waals surface area contributed by atoms with Crippen molar-refractivity contribution in [3.63, 3.8) is 0 Å². The smallest absolute Gasteiger partial charge is 0.307 e. The van der Waals surface area contributed by atoms with E-state index in [1.54, 1.807) is 30.3 Å². The number of hydrogen-bond acceptors (Lipinski definition) is 4. The van der Waals surface area contributed by atoms with Gasteiger partial charge in [0.1, 0.15) is 5.75 Å². The van der Waals surface area contributed by atoms with Gasteiger partial charge in [-0.15, -0.1) is 6.58 Å². The van der Waals surface area contributed by atoms with Crippen LogP contribution < -0.4 is 5.32 Å². The van der Waals surface area contributed by atoms with Crippen molar-refractivity contribution < 1.29 is 24.6 Å². The maximum Gasteiger partial charge on any atom is 0.307 e. The third-order valence-corrected chi connectivity index (χ3v) is 6.59.